The van der Waals surface area contributed by atoms with Crippen molar-refractivity contribution in [3.8, 4) is 5.82 Å². The summed E-state index contributed by atoms with van der Waals surface area (Å²) in [6, 6.07) is 3.59. The SMILES string of the molecule is O=C1c2nccnc2-n2cccc21. The molecule has 0 amide bonds. The van der Waals surface area contributed by atoms with Crippen LogP contribution >= 0.6 is 0 Å². The molecule has 0 unspecified atom stereocenters. The highest BCUT2D eigenvalue weighted by Crippen LogP contribution is 2.23. The third kappa shape index (κ3) is 0.672. The molecule has 0 fully saturated rings. The quantitative estimate of drug-likeness (QED) is 0.503. The first-order valence-electron chi connectivity index (χ1n) is 3.91. The van der Waals surface area contributed by atoms with Gasteiger partial charge in [-0.3, -0.25) is 9.36 Å². The number of fused-ring (bicyclic) bond motifs is 3. The summed E-state index contributed by atoms with van der Waals surface area (Å²) in [6.45, 7) is 0. The summed E-state index contributed by atoms with van der Waals surface area (Å²) < 4.78 is 1.75. The molecule has 0 saturated heterocycles. The molecular formula is C9H5N3O. The lowest BCUT2D eigenvalue weighted by atomic mass is 10.2. The van der Waals surface area contributed by atoms with Gasteiger partial charge < -0.3 is 0 Å². The first-order valence-corrected chi connectivity index (χ1v) is 3.91. The van der Waals surface area contributed by atoms with Crippen LogP contribution in [0.25, 0.3) is 5.82 Å². The average molecular weight is 171 g/mol. The molecule has 13 heavy (non-hydrogen) atoms. The van der Waals surface area contributed by atoms with Crippen molar-refractivity contribution in [2.45, 2.75) is 0 Å². The third-order valence-corrected chi connectivity index (χ3v) is 2.10. The maximum absolute atomic E-state index is 11.6. The van der Waals surface area contributed by atoms with Crippen LogP contribution in [0.15, 0.2) is 30.7 Å². The summed E-state index contributed by atoms with van der Waals surface area (Å²) in [5.74, 6) is 0.584. The summed E-state index contributed by atoms with van der Waals surface area (Å²) >= 11 is 0. The Morgan fingerprint density at radius 3 is 3.00 bits per heavy atom. The molecule has 1 aliphatic heterocycles. The topological polar surface area (TPSA) is 47.8 Å². The minimum atomic E-state index is -0.0481. The largest absolute Gasteiger partial charge is 0.296 e. The van der Waals surface area contributed by atoms with Crippen LogP contribution < -0.4 is 0 Å². The van der Waals surface area contributed by atoms with Gasteiger partial charge in [-0.05, 0) is 12.1 Å². The summed E-state index contributed by atoms with van der Waals surface area (Å²) in [4.78, 5) is 19.7. The molecule has 0 spiro atoms. The molecule has 0 atom stereocenters. The monoisotopic (exact) mass is 171 g/mol. The number of nitrogens with zero attached hydrogens (tertiary/aromatic N) is 3. The Kier molecular flexibility index (Phi) is 1.02. The summed E-state index contributed by atoms with van der Waals surface area (Å²) in [7, 11) is 0. The van der Waals surface area contributed by atoms with Crippen LogP contribution in [0, 0.1) is 0 Å². The van der Waals surface area contributed by atoms with Crippen molar-refractivity contribution in [1.29, 1.82) is 0 Å². The molecule has 0 aromatic carbocycles. The van der Waals surface area contributed by atoms with Gasteiger partial charge in [0.2, 0.25) is 5.78 Å². The number of ketones is 1. The minimum absolute atomic E-state index is 0.0481. The Morgan fingerprint density at radius 2 is 2.08 bits per heavy atom. The van der Waals surface area contributed by atoms with Gasteiger partial charge in [0.25, 0.3) is 0 Å². The summed E-state index contributed by atoms with van der Waals surface area (Å²) in [5, 5.41) is 0. The number of aromatic nitrogens is 3. The molecule has 2 aromatic heterocycles. The van der Waals surface area contributed by atoms with E-state index in [-0.39, 0.29) is 5.78 Å². The normalized spacial score (nSPS) is 12.8. The van der Waals surface area contributed by atoms with E-state index in [4.69, 9.17) is 0 Å². The standard InChI is InChI=1S/C9H5N3O/c13-8-6-2-1-5-12(6)9-7(8)10-3-4-11-9/h1-5H. The van der Waals surface area contributed by atoms with E-state index in [1.165, 1.54) is 6.20 Å². The van der Waals surface area contributed by atoms with Gasteiger partial charge in [0, 0.05) is 18.6 Å². The van der Waals surface area contributed by atoms with Crippen LogP contribution in [0.2, 0.25) is 0 Å². The Bertz CT molecular complexity index is 501. The number of carbonyl (C=O) groups excluding carboxylic acids is 1. The van der Waals surface area contributed by atoms with E-state index in [2.05, 4.69) is 9.97 Å². The van der Waals surface area contributed by atoms with Crippen molar-refractivity contribution < 1.29 is 4.79 Å². The lowest BCUT2D eigenvalue weighted by molar-refractivity contribution is 0.103. The molecule has 1 aliphatic rings. The zero-order valence-corrected chi connectivity index (χ0v) is 6.64. The minimum Gasteiger partial charge on any atom is -0.296 e. The third-order valence-electron chi connectivity index (χ3n) is 2.10. The van der Waals surface area contributed by atoms with E-state index in [1.54, 1.807) is 16.8 Å². The predicted octanol–water partition coefficient (Wildman–Crippen LogP) is 0.812. The Balaban J connectivity index is 2.43. The molecule has 3 heterocycles. The first kappa shape index (κ1) is 6.54. The van der Waals surface area contributed by atoms with Gasteiger partial charge in [-0.15, -0.1) is 0 Å². The molecule has 2 aromatic rings. The van der Waals surface area contributed by atoms with Crippen molar-refractivity contribution in [1.82, 2.24) is 14.5 Å². The van der Waals surface area contributed by atoms with E-state index in [0.29, 0.717) is 17.2 Å². The molecule has 0 radical (unpaired) electrons. The molecule has 0 N–H and O–H groups in total. The highest BCUT2D eigenvalue weighted by molar-refractivity contribution is 6.11. The summed E-state index contributed by atoms with van der Waals surface area (Å²) in [5.41, 5.74) is 1.08. The van der Waals surface area contributed by atoms with Crippen molar-refractivity contribution in [2.24, 2.45) is 0 Å². The number of rotatable bonds is 0. The van der Waals surface area contributed by atoms with E-state index >= 15 is 0 Å². The zero-order chi connectivity index (χ0) is 8.84. The Morgan fingerprint density at radius 1 is 1.23 bits per heavy atom. The highest BCUT2D eigenvalue weighted by atomic mass is 16.1. The van der Waals surface area contributed by atoms with Crippen LogP contribution in [0.5, 0.6) is 0 Å². The van der Waals surface area contributed by atoms with Gasteiger partial charge in [-0.2, -0.15) is 0 Å². The second-order valence-electron chi connectivity index (χ2n) is 2.82. The van der Waals surface area contributed by atoms with Crippen LogP contribution in [0.1, 0.15) is 16.2 Å². The molecule has 3 rings (SSSR count). The highest BCUT2D eigenvalue weighted by Gasteiger charge is 2.27. The second-order valence-corrected chi connectivity index (χ2v) is 2.82. The van der Waals surface area contributed by atoms with Gasteiger partial charge >= 0.3 is 0 Å². The van der Waals surface area contributed by atoms with Gasteiger partial charge in [0.1, 0.15) is 0 Å². The van der Waals surface area contributed by atoms with E-state index in [0.717, 1.165) is 0 Å². The van der Waals surface area contributed by atoms with E-state index in [9.17, 15) is 4.79 Å². The van der Waals surface area contributed by atoms with Crippen LogP contribution in [-0.2, 0) is 0 Å². The number of carbonyl (C=O) groups is 1. The molecular weight excluding hydrogens is 166 g/mol. The maximum Gasteiger partial charge on any atom is 0.231 e. The molecule has 4 heteroatoms. The average Bonchev–Trinajstić information content (AvgIpc) is 2.72. The number of hydrogen-bond donors (Lipinski definition) is 0. The molecule has 0 saturated carbocycles. The van der Waals surface area contributed by atoms with Crippen molar-refractivity contribution >= 4 is 5.78 Å². The predicted molar refractivity (Wildman–Crippen MR) is 44.8 cm³/mol. The first-order chi connectivity index (χ1) is 6.38. The van der Waals surface area contributed by atoms with Crippen LogP contribution in [0.4, 0.5) is 0 Å². The summed E-state index contributed by atoms with van der Waals surface area (Å²) in [6.07, 6.45) is 4.93. The van der Waals surface area contributed by atoms with Crippen molar-refractivity contribution in [3.63, 3.8) is 0 Å². The zero-order valence-electron chi connectivity index (χ0n) is 6.64. The van der Waals surface area contributed by atoms with Gasteiger partial charge in [0.15, 0.2) is 11.5 Å². The lowest BCUT2D eigenvalue weighted by Crippen LogP contribution is -1.97. The lowest BCUT2D eigenvalue weighted by Gasteiger charge is -1.95. The fourth-order valence-electron chi connectivity index (χ4n) is 1.54. The van der Waals surface area contributed by atoms with E-state index < -0.39 is 0 Å². The second kappa shape index (κ2) is 2.04. The smallest absolute Gasteiger partial charge is 0.231 e. The molecule has 4 nitrogen and oxygen atoms in total. The van der Waals surface area contributed by atoms with Gasteiger partial charge in [0.05, 0.1) is 5.69 Å². The maximum atomic E-state index is 11.6. The Labute approximate surface area is 73.9 Å². The molecule has 62 valence electrons. The fourth-order valence-corrected chi connectivity index (χ4v) is 1.54. The van der Waals surface area contributed by atoms with Gasteiger partial charge in [-0.25, -0.2) is 9.97 Å². The van der Waals surface area contributed by atoms with Crippen molar-refractivity contribution in [2.75, 3.05) is 0 Å². The van der Waals surface area contributed by atoms with Crippen molar-refractivity contribution in [3.05, 3.63) is 42.1 Å². The number of hydrogen-bond acceptors (Lipinski definition) is 3. The molecule has 0 aliphatic carbocycles. The van der Waals surface area contributed by atoms with Crippen LogP contribution in [-0.4, -0.2) is 20.3 Å². The Hall–Kier alpha value is -1.97. The van der Waals surface area contributed by atoms with Gasteiger partial charge in [-0.1, -0.05) is 0 Å². The van der Waals surface area contributed by atoms with E-state index in [1.807, 2.05) is 12.3 Å². The fraction of sp³-hybridized carbons (Fsp3) is 0. The van der Waals surface area contributed by atoms with Crippen LogP contribution in [0.3, 0.4) is 0 Å². The molecule has 0 bridgehead atoms.